The molecule has 2 aromatic rings. The number of halogens is 1. The van der Waals surface area contributed by atoms with E-state index in [1.54, 1.807) is 12.1 Å². The topological polar surface area (TPSA) is 96.3 Å². The Morgan fingerprint density at radius 3 is 2.53 bits per heavy atom. The van der Waals surface area contributed by atoms with Crippen LogP contribution in [0.1, 0.15) is 0 Å². The second-order valence-electron chi connectivity index (χ2n) is 3.99. The maximum absolute atomic E-state index is 6.07. The predicted molar refractivity (Wildman–Crippen MR) is 72.3 cm³/mol. The molecule has 98 valence electrons. The van der Waals surface area contributed by atoms with Crippen molar-refractivity contribution in [2.45, 2.75) is 0 Å². The van der Waals surface area contributed by atoms with Crippen molar-refractivity contribution in [3.05, 3.63) is 23.4 Å². The Bertz CT molecular complexity index is 625. The van der Waals surface area contributed by atoms with Gasteiger partial charge in [0.25, 0.3) is 0 Å². The third kappa shape index (κ3) is 2.10. The number of hydrogen-bond acceptors (Lipinski definition) is 6. The number of aromatic nitrogens is 2. The SMILES string of the molecule is Nc1nc(N)c(-c2ccc3c(c2)OCCO3)c(Cl)n1. The van der Waals surface area contributed by atoms with Crippen molar-refractivity contribution in [3.8, 4) is 22.6 Å². The molecule has 19 heavy (non-hydrogen) atoms. The van der Waals surface area contributed by atoms with Gasteiger partial charge >= 0.3 is 0 Å². The first kappa shape index (κ1) is 11.9. The fourth-order valence-corrected chi connectivity index (χ4v) is 2.22. The Morgan fingerprint density at radius 1 is 1.05 bits per heavy atom. The zero-order valence-corrected chi connectivity index (χ0v) is 10.6. The molecule has 0 fully saturated rings. The van der Waals surface area contributed by atoms with Crippen LogP contribution in [0.3, 0.4) is 0 Å². The minimum absolute atomic E-state index is 0.0452. The van der Waals surface area contributed by atoms with Crippen LogP contribution in [0.5, 0.6) is 11.5 Å². The molecule has 1 aliphatic heterocycles. The van der Waals surface area contributed by atoms with Crippen LogP contribution >= 0.6 is 11.6 Å². The summed E-state index contributed by atoms with van der Waals surface area (Å²) in [5.74, 6) is 1.62. The van der Waals surface area contributed by atoms with E-state index in [1.807, 2.05) is 6.07 Å². The highest BCUT2D eigenvalue weighted by atomic mass is 35.5. The molecular weight excluding hydrogens is 268 g/mol. The van der Waals surface area contributed by atoms with Gasteiger partial charge in [-0.15, -0.1) is 0 Å². The summed E-state index contributed by atoms with van der Waals surface area (Å²) in [4.78, 5) is 7.81. The summed E-state index contributed by atoms with van der Waals surface area (Å²) in [5.41, 5.74) is 12.6. The molecule has 0 saturated heterocycles. The van der Waals surface area contributed by atoms with Crippen LogP contribution in [0.2, 0.25) is 5.15 Å². The summed E-state index contributed by atoms with van der Waals surface area (Å²) < 4.78 is 11.0. The molecule has 1 aromatic heterocycles. The van der Waals surface area contributed by atoms with Crippen molar-refractivity contribution in [1.29, 1.82) is 0 Å². The number of anilines is 2. The largest absolute Gasteiger partial charge is 0.486 e. The van der Waals surface area contributed by atoms with E-state index in [0.29, 0.717) is 30.3 Å². The third-order valence-electron chi connectivity index (χ3n) is 2.74. The number of nitrogens with zero attached hydrogens (tertiary/aromatic N) is 2. The molecule has 4 N–H and O–H groups in total. The lowest BCUT2D eigenvalue weighted by Gasteiger charge is -2.19. The van der Waals surface area contributed by atoms with Gasteiger partial charge in [-0.2, -0.15) is 4.98 Å². The normalized spacial score (nSPS) is 13.3. The van der Waals surface area contributed by atoms with Gasteiger partial charge in [0.15, 0.2) is 11.5 Å². The summed E-state index contributed by atoms with van der Waals surface area (Å²) in [7, 11) is 0. The fourth-order valence-electron chi connectivity index (χ4n) is 1.93. The number of fused-ring (bicyclic) bond motifs is 1. The molecule has 1 aromatic carbocycles. The van der Waals surface area contributed by atoms with Crippen molar-refractivity contribution >= 4 is 23.4 Å². The maximum atomic E-state index is 6.07. The molecule has 3 rings (SSSR count). The van der Waals surface area contributed by atoms with Crippen LogP contribution in [0.4, 0.5) is 11.8 Å². The molecule has 0 radical (unpaired) electrons. The van der Waals surface area contributed by atoms with Crippen molar-refractivity contribution < 1.29 is 9.47 Å². The highest BCUT2D eigenvalue weighted by molar-refractivity contribution is 6.32. The lowest BCUT2D eigenvalue weighted by molar-refractivity contribution is 0.171. The minimum atomic E-state index is 0.0452. The van der Waals surface area contributed by atoms with Crippen LogP contribution in [0.15, 0.2) is 18.2 Å². The Hall–Kier alpha value is -2.21. The van der Waals surface area contributed by atoms with E-state index in [0.717, 1.165) is 5.56 Å². The Kier molecular flexibility index (Phi) is 2.79. The third-order valence-corrected chi connectivity index (χ3v) is 3.01. The van der Waals surface area contributed by atoms with E-state index in [1.165, 1.54) is 0 Å². The lowest BCUT2D eigenvalue weighted by Crippen LogP contribution is -2.15. The van der Waals surface area contributed by atoms with Crippen LogP contribution in [0, 0.1) is 0 Å². The number of hydrogen-bond donors (Lipinski definition) is 2. The Morgan fingerprint density at radius 2 is 1.79 bits per heavy atom. The van der Waals surface area contributed by atoms with E-state index in [9.17, 15) is 0 Å². The highest BCUT2D eigenvalue weighted by Crippen LogP contribution is 2.38. The zero-order valence-electron chi connectivity index (χ0n) is 9.89. The predicted octanol–water partition coefficient (Wildman–Crippen LogP) is 1.73. The number of rotatable bonds is 1. The van der Waals surface area contributed by atoms with E-state index in [2.05, 4.69) is 9.97 Å². The Balaban J connectivity index is 2.12. The maximum Gasteiger partial charge on any atom is 0.223 e. The molecule has 7 heteroatoms. The molecule has 2 heterocycles. The van der Waals surface area contributed by atoms with Crippen molar-refractivity contribution in [1.82, 2.24) is 9.97 Å². The van der Waals surface area contributed by atoms with Gasteiger partial charge in [-0.3, -0.25) is 0 Å². The van der Waals surface area contributed by atoms with Crippen molar-refractivity contribution in [2.24, 2.45) is 0 Å². The number of ether oxygens (including phenoxy) is 2. The summed E-state index contributed by atoms with van der Waals surface area (Å²) >= 11 is 6.07. The molecule has 6 nitrogen and oxygen atoms in total. The van der Waals surface area contributed by atoms with E-state index in [4.69, 9.17) is 32.5 Å². The van der Waals surface area contributed by atoms with Gasteiger partial charge in [0.05, 0.1) is 5.56 Å². The lowest BCUT2D eigenvalue weighted by atomic mass is 10.1. The highest BCUT2D eigenvalue weighted by Gasteiger charge is 2.16. The van der Waals surface area contributed by atoms with Crippen LogP contribution in [-0.2, 0) is 0 Å². The van der Waals surface area contributed by atoms with Crippen molar-refractivity contribution in [3.63, 3.8) is 0 Å². The summed E-state index contributed by atoms with van der Waals surface area (Å²) in [6.45, 7) is 1.05. The molecule has 0 unspecified atom stereocenters. The van der Waals surface area contributed by atoms with Gasteiger partial charge in [-0.25, -0.2) is 4.98 Å². The molecule has 0 bridgehead atoms. The Labute approximate surface area is 114 Å². The molecule has 0 amide bonds. The second-order valence-corrected chi connectivity index (χ2v) is 4.35. The van der Waals surface area contributed by atoms with Gasteiger partial charge in [-0.1, -0.05) is 17.7 Å². The second kappa shape index (κ2) is 4.47. The van der Waals surface area contributed by atoms with Crippen LogP contribution in [0.25, 0.3) is 11.1 Å². The minimum Gasteiger partial charge on any atom is -0.486 e. The average Bonchev–Trinajstić information content (AvgIpc) is 2.37. The van der Waals surface area contributed by atoms with Gasteiger partial charge < -0.3 is 20.9 Å². The quantitative estimate of drug-likeness (QED) is 0.771. The first-order valence-electron chi connectivity index (χ1n) is 5.63. The van der Waals surface area contributed by atoms with Gasteiger partial charge in [0.1, 0.15) is 24.2 Å². The number of nitrogens with two attached hydrogens (primary N) is 2. The zero-order chi connectivity index (χ0) is 13.4. The van der Waals surface area contributed by atoms with E-state index >= 15 is 0 Å². The van der Waals surface area contributed by atoms with Crippen molar-refractivity contribution in [2.75, 3.05) is 24.7 Å². The fraction of sp³-hybridized carbons (Fsp3) is 0.167. The smallest absolute Gasteiger partial charge is 0.223 e. The summed E-state index contributed by atoms with van der Waals surface area (Å²) in [5, 5.41) is 0.210. The first-order valence-corrected chi connectivity index (χ1v) is 6.01. The van der Waals surface area contributed by atoms with E-state index < -0.39 is 0 Å². The molecule has 0 spiro atoms. The van der Waals surface area contributed by atoms with E-state index in [-0.39, 0.29) is 16.9 Å². The van der Waals surface area contributed by atoms with Gasteiger partial charge in [0.2, 0.25) is 5.95 Å². The standard InChI is InChI=1S/C12H11ClN4O2/c13-10-9(11(14)17-12(15)16-10)6-1-2-7-8(5-6)19-4-3-18-7/h1-2,5H,3-4H2,(H4,14,15,16,17). The number of benzene rings is 1. The molecule has 0 atom stereocenters. The summed E-state index contributed by atoms with van der Waals surface area (Å²) in [6.07, 6.45) is 0. The summed E-state index contributed by atoms with van der Waals surface area (Å²) in [6, 6.07) is 5.42. The monoisotopic (exact) mass is 278 g/mol. The first-order chi connectivity index (χ1) is 9.15. The van der Waals surface area contributed by atoms with Crippen LogP contribution < -0.4 is 20.9 Å². The van der Waals surface area contributed by atoms with Gasteiger partial charge in [0, 0.05) is 0 Å². The van der Waals surface area contributed by atoms with Crippen LogP contribution in [-0.4, -0.2) is 23.2 Å². The van der Waals surface area contributed by atoms with Gasteiger partial charge in [-0.05, 0) is 17.7 Å². The molecular formula is C12H11ClN4O2. The number of nitrogen functional groups attached to an aromatic ring is 2. The molecule has 1 aliphatic rings. The molecule has 0 aliphatic carbocycles. The molecule has 0 saturated carbocycles. The average molecular weight is 279 g/mol.